The van der Waals surface area contributed by atoms with Crippen LogP contribution in [0.25, 0.3) is 11.1 Å². The maximum absolute atomic E-state index is 16.0. The van der Waals surface area contributed by atoms with E-state index in [0.717, 1.165) is 44.0 Å². The molecule has 34 heavy (non-hydrogen) atoms. The van der Waals surface area contributed by atoms with Gasteiger partial charge < -0.3 is 0 Å². The van der Waals surface area contributed by atoms with E-state index in [9.17, 15) is 0 Å². The molecule has 0 N–H and O–H groups in total. The average Bonchev–Trinajstić information content (AvgIpc) is 3.18. The summed E-state index contributed by atoms with van der Waals surface area (Å²) in [6, 6.07) is 24.3. The maximum Gasteiger partial charge on any atom is 0.333 e. The number of nitrogens with zero attached hydrogens (tertiary/aromatic N) is 1. The fourth-order valence-corrected chi connectivity index (χ4v) is 7.39. The standard InChI is InChI=1S/C29H28F2INSi/c1-4-34(5-2,6-3)20-19-29(30,31)28(21-15-17-22(32)18-16-21)33-27-25-13-9-7-11-23(25)24-12-8-10-14-26(24)27/h7-18,28H,4-6H2,1-3H3. The molecule has 1 atom stereocenters. The highest BCUT2D eigenvalue weighted by atomic mass is 127. The van der Waals surface area contributed by atoms with E-state index in [1.807, 2.05) is 60.7 Å². The van der Waals surface area contributed by atoms with Crippen LogP contribution in [0, 0.1) is 15.0 Å². The molecule has 1 aliphatic carbocycles. The Hall–Kier alpha value is -2.30. The van der Waals surface area contributed by atoms with Gasteiger partial charge in [-0.3, -0.25) is 4.99 Å². The van der Waals surface area contributed by atoms with Gasteiger partial charge in [0.1, 0.15) is 8.07 Å². The van der Waals surface area contributed by atoms with Crippen LogP contribution in [0.4, 0.5) is 8.78 Å². The van der Waals surface area contributed by atoms with Crippen LogP contribution in [-0.2, 0) is 0 Å². The van der Waals surface area contributed by atoms with Gasteiger partial charge in [-0.2, -0.15) is 8.78 Å². The quantitative estimate of drug-likeness (QED) is 0.123. The van der Waals surface area contributed by atoms with Gasteiger partial charge in [0, 0.05) is 14.7 Å². The predicted octanol–water partition coefficient (Wildman–Crippen LogP) is 8.54. The summed E-state index contributed by atoms with van der Waals surface area (Å²) in [5.74, 6) is -0.830. The normalized spacial score (nSPS) is 13.5. The molecule has 5 heteroatoms. The first-order chi connectivity index (χ1) is 16.3. The van der Waals surface area contributed by atoms with Gasteiger partial charge >= 0.3 is 5.92 Å². The van der Waals surface area contributed by atoms with Crippen molar-refractivity contribution in [2.75, 3.05) is 0 Å². The lowest BCUT2D eigenvalue weighted by Crippen LogP contribution is -2.32. The van der Waals surface area contributed by atoms with Gasteiger partial charge in [-0.25, -0.2) is 0 Å². The zero-order valence-electron chi connectivity index (χ0n) is 19.7. The van der Waals surface area contributed by atoms with Crippen LogP contribution in [0.2, 0.25) is 18.1 Å². The van der Waals surface area contributed by atoms with Crippen molar-refractivity contribution < 1.29 is 8.78 Å². The third-order valence-electron chi connectivity index (χ3n) is 6.97. The topological polar surface area (TPSA) is 12.4 Å². The van der Waals surface area contributed by atoms with E-state index in [4.69, 9.17) is 4.99 Å². The summed E-state index contributed by atoms with van der Waals surface area (Å²) in [5, 5.41) is 0. The summed E-state index contributed by atoms with van der Waals surface area (Å²) in [4.78, 5) is 4.79. The number of benzene rings is 3. The van der Waals surface area contributed by atoms with Gasteiger partial charge in [-0.15, -0.1) is 5.54 Å². The molecule has 0 bridgehead atoms. The number of alkyl halides is 2. The van der Waals surface area contributed by atoms with Gasteiger partial charge in [-0.1, -0.05) is 81.4 Å². The Balaban J connectivity index is 1.89. The maximum atomic E-state index is 16.0. The second kappa shape index (κ2) is 10.1. The third kappa shape index (κ3) is 4.76. The van der Waals surface area contributed by atoms with Crippen LogP contribution in [0.5, 0.6) is 0 Å². The highest BCUT2D eigenvalue weighted by Crippen LogP contribution is 2.41. The molecule has 1 aliphatic rings. The minimum absolute atomic E-state index is 0.478. The highest BCUT2D eigenvalue weighted by Gasteiger charge is 2.41. The van der Waals surface area contributed by atoms with E-state index >= 15 is 8.78 Å². The summed E-state index contributed by atoms with van der Waals surface area (Å²) < 4.78 is 32.9. The molecule has 0 saturated carbocycles. The molecule has 0 aliphatic heterocycles. The Labute approximate surface area is 215 Å². The number of hydrogen-bond acceptors (Lipinski definition) is 1. The SMILES string of the molecule is CC[Si](C#CC(F)(F)C(N=C1c2ccccc2-c2ccccc21)c1ccc(I)cc1)(CC)CC. The number of aliphatic imine (C=N–C) groups is 1. The van der Waals surface area contributed by atoms with E-state index in [-0.39, 0.29) is 0 Å². The van der Waals surface area contributed by atoms with Crippen molar-refractivity contribution in [1.29, 1.82) is 0 Å². The Bertz CT molecular complexity index is 1210. The van der Waals surface area contributed by atoms with Crippen molar-refractivity contribution >= 4 is 36.4 Å². The predicted molar refractivity (Wildman–Crippen MR) is 149 cm³/mol. The van der Waals surface area contributed by atoms with Crippen LogP contribution in [0.15, 0.2) is 77.8 Å². The van der Waals surface area contributed by atoms with E-state index in [0.29, 0.717) is 11.3 Å². The van der Waals surface area contributed by atoms with E-state index in [1.165, 1.54) is 0 Å². The Morgan fingerprint density at radius 1 is 0.794 bits per heavy atom. The molecule has 0 radical (unpaired) electrons. The number of hydrogen-bond donors (Lipinski definition) is 0. The minimum atomic E-state index is -3.29. The minimum Gasteiger partial charge on any atom is -0.268 e. The molecule has 0 amide bonds. The van der Waals surface area contributed by atoms with Crippen LogP contribution in [0.3, 0.4) is 0 Å². The lowest BCUT2D eigenvalue weighted by Gasteiger charge is -2.24. The zero-order valence-corrected chi connectivity index (χ0v) is 22.9. The van der Waals surface area contributed by atoms with Gasteiger partial charge in [0.2, 0.25) is 0 Å². The van der Waals surface area contributed by atoms with Gasteiger partial charge in [0.05, 0.1) is 5.71 Å². The fourth-order valence-electron chi connectivity index (χ4n) is 4.57. The zero-order chi connectivity index (χ0) is 24.3. The summed E-state index contributed by atoms with van der Waals surface area (Å²) in [6.07, 6.45) is 0. The molecule has 0 aromatic heterocycles. The second-order valence-electron chi connectivity index (χ2n) is 8.74. The van der Waals surface area contributed by atoms with Crippen molar-refractivity contribution in [3.8, 4) is 22.6 Å². The van der Waals surface area contributed by atoms with Crippen LogP contribution >= 0.6 is 22.6 Å². The summed E-state index contributed by atoms with van der Waals surface area (Å²) in [7, 11) is -2.03. The van der Waals surface area contributed by atoms with Crippen LogP contribution < -0.4 is 0 Å². The first-order valence-corrected chi connectivity index (χ1v) is 15.5. The lowest BCUT2D eigenvalue weighted by molar-refractivity contribution is 0.0377. The fraction of sp³-hybridized carbons (Fsp3) is 0.276. The van der Waals surface area contributed by atoms with Gasteiger partial charge in [-0.05, 0) is 75.5 Å². The molecule has 1 unspecified atom stereocenters. The molecule has 1 nitrogen and oxygen atoms in total. The Morgan fingerprint density at radius 2 is 1.26 bits per heavy atom. The molecule has 174 valence electrons. The van der Waals surface area contributed by atoms with Crippen LogP contribution in [0.1, 0.15) is 43.5 Å². The number of rotatable bonds is 6. The Morgan fingerprint density at radius 3 is 1.74 bits per heavy atom. The summed E-state index contributed by atoms with van der Waals surface area (Å²) in [5.41, 5.74) is 8.05. The van der Waals surface area contributed by atoms with E-state index < -0.39 is 20.0 Å². The molecule has 0 heterocycles. The molecule has 3 aromatic rings. The van der Waals surface area contributed by atoms with Gasteiger partial charge in [0.25, 0.3) is 0 Å². The number of fused-ring (bicyclic) bond motifs is 3. The summed E-state index contributed by atoms with van der Waals surface area (Å²) in [6.45, 7) is 6.24. The lowest BCUT2D eigenvalue weighted by atomic mass is 10.00. The van der Waals surface area contributed by atoms with Crippen molar-refractivity contribution in [2.45, 2.75) is 50.9 Å². The van der Waals surface area contributed by atoms with E-state index in [2.05, 4.69) is 54.8 Å². The average molecular weight is 584 g/mol. The molecule has 3 aromatic carbocycles. The smallest absolute Gasteiger partial charge is 0.268 e. The second-order valence-corrected chi connectivity index (χ2v) is 14.9. The first-order valence-electron chi connectivity index (χ1n) is 11.8. The van der Waals surface area contributed by atoms with Crippen LogP contribution in [-0.4, -0.2) is 19.7 Å². The van der Waals surface area contributed by atoms with Crippen molar-refractivity contribution in [3.63, 3.8) is 0 Å². The van der Waals surface area contributed by atoms with Crippen molar-refractivity contribution in [3.05, 3.63) is 93.1 Å². The first kappa shape index (κ1) is 24.8. The monoisotopic (exact) mass is 583 g/mol. The largest absolute Gasteiger partial charge is 0.333 e. The third-order valence-corrected chi connectivity index (χ3v) is 12.4. The molecular weight excluding hydrogens is 555 g/mol. The molecule has 0 fully saturated rings. The Kier molecular flexibility index (Phi) is 7.39. The van der Waals surface area contributed by atoms with Crippen molar-refractivity contribution in [1.82, 2.24) is 0 Å². The molecular formula is C29H28F2INSi. The number of halogens is 3. The highest BCUT2D eigenvalue weighted by molar-refractivity contribution is 14.1. The van der Waals surface area contributed by atoms with E-state index in [1.54, 1.807) is 12.1 Å². The van der Waals surface area contributed by atoms with Gasteiger partial charge in [0.15, 0.2) is 6.04 Å². The molecule has 4 rings (SSSR count). The molecule has 0 saturated heterocycles. The molecule has 0 spiro atoms. The summed E-state index contributed by atoms with van der Waals surface area (Å²) >= 11 is 2.19. The van der Waals surface area contributed by atoms with Crippen molar-refractivity contribution in [2.24, 2.45) is 4.99 Å².